The van der Waals surface area contributed by atoms with Crippen molar-refractivity contribution in [2.24, 2.45) is 5.92 Å². The average molecular weight is 267 g/mol. The fourth-order valence-electron chi connectivity index (χ4n) is 2.36. The molecule has 0 spiro atoms. The lowest BCUT2D eigenvalue weighted by molar-refractivity contribution is -0.141. The molecule has 1 aliphatic rings. The van der Waals surface area contributed by atoms with Crippen molar-refractivity contribution in [3.8, 4) is 5.75 Å². The molecular weight excluding hydrogens is 249 g/mol. The van der Waals surface area contributed by atoms with Gasteiger partial charge in [0, 0.05) is 25.1 Å². The summed E-state index contributed by atoms with van der Waals surface area (Å²) in [6.45, 7) is 2.78. The molecule has 0 saturated heterocycles. The summed E-state index contributed by atoms with van der Waals surface area (Å²) in [4.78, 5) is 12.7. The van der Waals surface area contributed by atoms with E-state index in [1.165, 1.54) is 12.1 Å². The maximum Gasteiger partial charge on any atom is 0.307 e. The number of carboxylic acids is 1. The van der Waals surface area contributed by atoms with Crippen molar-refractivity contribution < 1.29 is 19.0 Å². The molecule has 4 nitrogen and oxygen atoms in total. The molecule has 1 aliphatic heterocycles. The zero-order chi connectivity index (χ0) is 14.0. The Kier molecular flexibility index (Phi) is 4.04. The van der Waals surface area contributed by atoms with Crippen LogP contribution in [0, 0.1) is 11.7 Å². The van der Waals surface area contributed by atoms with E-state index in [2.05, 4.69) is 0 Å². The van der Waals surface area contributed by atoms with E-state index in [0.717, 1.165) is 11.3 Å². The Balaban J connectivity index is 1.88. The topological polar surface area (TPSA) is 49.8 Å². The van der Waals surface area contributed by atoms with Gasteiger partial charge >= 0.3 is 5.97 Å². The Morgan fingerprint density at radius 2 is 2.37 bits per heavy atom. The molecule has 104 valence electrons. The van der Waals surface area contributed by atoms with E-state index < -0.39 is 11.9 Å². The third-order valence-corrected chi connectivity index (χ3v) is 3.29. The SMILES string of the molecule is CC(CN(C)CC1Cc2cc(F)ccc2O1)C(=O)O. The van der Waals surface area contributed by atoms with Crippen LogP contribution in [0.3, 0.4) is 0 Å². The summed E-state index contributed by atoms with van der Waals surface area (Å²) in [6, 6.07) is 4.52. The van der Waals surface area contributed by atoms with Gasteiger partial charge in [-0.15, -0.1) is 0 Å². The predicted molar refractivity (Wildman–Crippen MR) is 68.8 cm³/mol. The minimum Gasteiger partial charge on any atom is -0.488 e. The van der Waals surface area contributed by atoms with E-state index in [-0.39, 0.29) is 11.9 Å². The van der Waals surface area contributed by atoms with Crippen LogP contribution in [-0.2, 0) is 11.2 Å². The Morgan fingerprint density at radius 3 is 3.05 bits per heavy atom. The number of aliphatic carboxylic acids is 1. The van der Waals surface area contributed by atoms with Gasteiger partial charge in [-0.3, -0.25) is 4.79 Å². The molecule has 2 atom stereocenters. The molecular formula is C14H18FNO3. The number of hydrogen-bond donors (Lipinski definition) is 1. The first-order chi connectivity index (χ1) is 8.95. The highest BCUT2D eigenvalue weighted by Crippen LogP contribution is 2.29. The second-order valence-electron chi connectivity index (χ2n) is 5.16. The van der Waals surface area contributed by atoms with E-state index in [1.807, 2.05) is 11.9 Å². The number of fused-ring (bicyclic) bond motifs is 1. The Labute approximate surface area is 111 Å². The largest absolute Gasteiger partial charge is 0.488 e. The predicted octanol–water partition coefficient (Wildman–Crippen LogP) is 1.78. The molecule has 5 heteroatoms. The lowest BCUT2D eigenvalue weighted by Gasteiger charge is -2.22. The van der Waals surface area contributed by atoms with Crippen LogP contribution in [-0.4, -0.2) is 42.2 Å². The van der Waals surface area contributed by atoms with Gasteiger partial charge < -0.3 is 14.7 Å². The molecule has 19 heavy (non-hydrogen) atoms. The fourth-order valence-corrected chi connectivity index (χ4v) is 2.36. The second-order valence-corrected chi connectivity index (χ2v) is 5.16. The van der Waals surface area contributed by atoms with Gasteiger partial charge in [-0.1, -0.05) is 6.92 Å². The van der Waals surface area contributed by atoms with Crippen LogP contribution in [0.2, 0.25) is 0 Å². The molecule has 1 heterocycles. The maximum absolute atomic E-state index is 13.1. The molecule has 0 radical (unpaired) electrons. The first kappa shape index (κ1) is 13.8. The first-order valence-corrected chi connectivity index (χ1v) is 6.32. The van der Waals surface area contributed by atoms with Crippen LogP contribution in [0.25, 0.3) is 0 Å². The molecule has 2 unspecified atom stereocenters. The summed E-state index contributed by atoms with van der Waals surface area (Å²) in [5, 5.41) is 8.86. The van der Waals surface area contributed by atoms with E-state index >= 15 is 0 Å². The Morgan fingerprint density at radius 1 is 1.63 bits per heavy atom. The third kappa shape index (κ3) is 3.44. The van der Waals surface area contributed by atoms with E-state index in [9.17, 15) is 9.18 Å². The number of benzene rings is 1. The summed E-state index contributed by atoms with van der Waals surface area (Å²) in [7, 11) is 1.87. The van der Waals surface area contributed by atoms with Crippen molar-refractivity contribution in [1.82, 2.24) is 4.90 Å². The lowest BCUT2D eigenvalue weighted by Crippen LogP contribution is -2.36. The molecule has 0 aliphatic carbocycles. The van der Waals surface area contributed by atoms with Gasteiger partial charge in [-0.05, 0) is 25.2 Å². The molecule has 0 bridgehead atoms. The number of carboxylic acid groups (broad SMARTS) is 1. The monoisotopic (exact) mass is 267 g/mol. The standard InChI is InChI=1S/C14H18FNO3/c1-9(14(17)18)7-16(2)8-12-6-10-5-11(15)3-4-13(10)19-12/h3-5,9,12H,6-8H2,1-2H3,(H,17,18). The summed E-state index contributed by atoms with van der Waals surface area (Å²) in [5.41, 5.74) is 0.879. The molecule has 0 amide bonds. The summed E-state index contributed by atoms with van der Waals surface area (Å²) < 4.78 is 18.8. The van der Waals surface area contributed by atoms with Crippen molar-refractivity contribution in [3.05, 3.63) is 29.6 Å². The van der Waals surface area contributed by atoms with Gasteiger partial charge in [0.1, 0.15) is 17.7 Å². The van der Waals surface area contributed by atoms with Crippen LogP contribution < -0.4 is 4.74 Å². The normalized spacial score (nSPS) is 19.1. The summed E-state index contributed by atoms with van der Waals surface area (Å²) in [6.07, 6.45) is 0.626. The van der Waals surface area contributed by atoms with Crippen molar-refractivity contribution >= 4 is 5.97 Å². The number of carbonyl (C=O) groups is 1. The maximum atomic E-state index is 13.1. The van der Waals surface area contributed by atoms with Crippen LogP contribution in [0.1, 0.15) is 12.5 Å². The van der Waals surface area contributed by atoms with Gasteiger partial charge in [0.15, 0.2) is 0 Å². The van der Waals surface area contributed by atoms with Crippen molar-refractivity contribution in [3.63, 3.8) is 0 Å². The van der Waals surface area contributed by atoms with Crippen LogP contribution in [0.15, 0.2) is 18.2 Å². The fraction of sp³-hybridized carbons (Fsp3) is 0.500. The molecule has 0 fully saturated rings. The van der Waals surface area contributed by atoms with Crippen molar-refractivity contribution in [1.29, 1.82) is 0 Å². The van der Waals surface area contributed by atoms with Crippen molar-refractivity contribution in [2.75, 3.05) is 20.1 Å². The summed E-state index contributed by atoms with van der Waals surface area (Å²) in [5.74, 6) is -0.738. The van der Waals surface area contributed by atoms with E-state index in [4.69, 9.17) is 9.84 Å². The van der Waals surface area contributed by atoms with Gasteiger partial charge in [0.2, 0.25) is 0 Å². The Hall–Kier alpha value is -1.62. The van der Waals surface area contributed by atoms with Crippen LogP contribution in [0.4, 0.5) is 4.39 Å². The summed E-state index contributed by atoms with van der Waals surface area (Å²) >= 11 is 0. The number of likely N-dealkylation sites (N-methyl/N-ethyl adjacent to an activating group) is 1. The average Bonchev–Trinajstić information content (AvgIpc) is 2.69. The van der Waals surface area contributed by atoms with Gasteiger partial charge in [-0.25, -0.2) is 4.39 Å². The molecule has 1 aromatic carbocycles. The zero-order valence-electron chi connectivity index (χ0n) is 11.1. The first-order valence-electron chi connectivity index (χ1n) is 6.32. The molecule has 0 saturated carbocycles. The van der Waals surface area contributed by atoms with Gasteiger partial charge in [0.05, 0.1) is 5.92 Å². The minimum atomic E-state index is -0.801. The van der Waals surface area contributed by atoms with Crippen LogP contribution >= 0.6 is 0 Å². The number of ether oxygens (including phenoxy) is 1. The second kappa shape index (κ2) is 5.57. The van der Waals surface area contributed by atoms with E-state index in [0.29, 0.717) is 19.5 Å². The number of halogens is 1. The molecule has 2 rings (SSSR count). The highest BCUT2D eigenvalue weighted by molar-refractivity contribution is 5.69. The number of nitrogens with zero attached hydrogens (tertiary/aromatic N) is 1. The quantitative estimate of drug-likeness (QED) is 0.883. The van der Waals surface area contributed by atoms with Crippen molar-refractivity contribution in [2.45, 2.75) is 19.4 Å². The Bertz CT molecular complexity index is 478. The molecule has 1 aromatic rings. The van der Waals surface area contributed by atoms with Crippen LogP contribution in [0.5, 0.6) is 5.75 Å². The minimum absolute atomic E-state index is 0.0391. The smallest absolute Gasteiger partial charge is 0.307 e. The molecule has 0 aromatic heterocycles. The zero-order valence-corrected chi connectivity index (χ0v) is 11.1. The highest BCUT2D eigenvalue weighted by atomic mass is 19.1. The highest BCUT2D eigenvalue weighted by Gasteiger charge is 2.25. The van der Waals surface area contributed by atoms with Gasteiger partial charge in [-0.2, -0.15) is 0 Å². The third-order valence-electron chi connectivity index (χ3n) is 3.29. The van der Waals surface area contributed by atoms with Gasteiger partial charge in [0.25, 0.3) is 0 Å². The number of rotatable bonds is 5. The number of hydrogen-bond acceptors (Lipinski definition) is 3. The molecule has 1 N–H and O–H groups in total. The lowest BCUT2D eigenvalue weighted by atomic mass is 10.1. The van der Waals surface area contributed by atoms with E-state index in [1.54, 1.807) is 13.0 Å².